The second kappa shape index (κ2) is 6.65. The maximum absolute atomic E-state index is 6.36. The number of hydrogen-bond acceptors (Lipinski definition) is 3. The molecular formula is C14H14BrCl2N3O. The van der Waals surface area contributed by atoms with Crippen molar-refractivity contribution in [1.29, 1.82) is 0 Å². The number of benzene rings is 1. The lowest BCUT2D eigenvalue weighted by molar-refractivity contribution is 0.0417. The number of aromatic nitrogens is 3. The van der Waals surface area contributed by atoms with Crippen LogP contribution in [0.5, 0.6) is 0 Å². The van der Waals surface area contributed by atoms with Gasteiger partial charge in [-0.15, -0.1) is 0 Å². The van der Waals surface area contributed by atoms with Crippen LogP contribution in [0.2, 0.25) is 10.0 Å². The van der Waals surface area contributed by atoms with Gasteiger partial charge in [0.15, 0.2) is 0 Å². The van der Waals surface area contributed by atoms with Crippen molar-refractivity contribution in [3.8, 4) is 0 Å². The molecule has 1 saturated heterocycles. The van der Waals surface area contributed by atoms with Crippen LogP contribution in [-0.2, 0) is 11.3 Å². The summed E-state index contributed by atoms with van der Waals surface area (Å²) in [6, 6.07) is 5.65. The Morgan fingerprint density at radius 1 is 1.38 bits per heavy atom. The van der Waals surface area contributed by atoms with Crippen LogP contribution >= 0.6 is 39.1 Å². The molecule has 1 fully saturated rings. The molecule has 0 radical (unpaired) electrons. The minimum atomic E-state index is 0.0212. The van der Waals surface area contributed by atoms with Gasteiger partial charge in [0, 0.05) is 21.3 Å². The van der Waals surface area contributed by atoms with Gasteiger partial charge < -0.3 is 4.74 Å². The van der Waals surface area contributed by atoms with Gasteiger partial charge >= 0.3 is 0 Å². The Morgan fingerprint density at radius 2 is 2.24 bits per heavy atom. The van der Waals surface area contributed by atoms with Crippen molar-refractivity contribution in [3.63, 3.8) is 0 Å². The van der Waals surface area contributed by atoms with Crippen LogP contribution < -0.4 is 0 Å². The van der Waals surface area contributed by atoms with Crippen molar-refractivity contribution < 1.29 is 4.74 Å². The number of halogens is 3. The largest absolute Gasteiger partial charge is 0.372 e. The van der Waals surface area contributed by atoms with Gasteiger partial charge in [-0.3, -0.25) is 4.68 Å². The highest BCUT2D eigenvalue weighted by Gasteiger charge is 2.37. The molecule has 4 nitrogen and oxygen atoms in total. The predicted molar refractivity (Wildman–Crippen MR) is 86.3 cm³/mol. The zero-order valence-electron chi connectivity index (χ0n) is 11.1. The van der Waals surface area contributed by atoms with E-state index in [2.05, 4.69) is 26.0 Å². The topological polar surface area (TPSA) is 39.9 Å². The Hall–Kier alpha value is -0.620. The Morgan fingerprint density at radius 3 is 2.90 bits per heavy atom. The molecule has 1 aromatic carbocycles. The summed E-state index contributed by atoms with van der Waals surface area (Å²) >= 11 is 15.8. The molecule has 21 heavy (non-hydrogen) atoms. The maximum Gasteiger partial charge on any atom is 0.137 e. The van der Waals surface area contributed by atoms with Crippen molar-refractivity contribution in [1.82, 2.24) is 14.8 Å². The minimum Gasteiger partial charge on any atom is -0.372 e. The van der Waals surface area contributed by atoms with E-state index in [-0.39, 0.29) is 18.1 Å². The van der Waals surface area contributed by atoms with Gasteiger partial charge in [-0.05, 0) is 24.1 Å². The first-order valence-corrected chi connectivity index (χ1v) is 8.54. The van der Waals surface area contributed by atoms with Crippen LogP contribution in [-0.4, -0.2) is 32.3 Å². The van der Waals surface area contributed by atoms with Crippen LogP contribution in [0.3, 0.4) is 0 Å². The van der Waals surface area contributed by atoms with Crippen molar-refractivity contribution in [3.05, 3.63) is 46.5 Å². The first kappa shape index (κ1) is 15.3. The summed E-state index contributed by atoms with van der Waals surface area (Å²) in [4.78, 5) is 3.97. The summed E-state index contributed by atoms with van der Waals surface area (Å²) in [5.41, 5.74) is 1.08. The normalized spacial score (nSPS) is 25.4. The molecule has 112 valence electrons. The molecule has 0 amide bonds. The monoisotopic (exact) mass is 389 g/mol. The standard InChI is InChI=1S/C14H14BrCl2N3O/c15-5-10-4-12(11-2-1-9(16)3-13(11)17)14(21-10)6-20-8-18-7-19-20/h1-3,7-8,10,12,14H,4-6H2. The average Bonchev–Trinajstić information content (AvgIpc) is 3.09. The lowest BCUT2D eigenvalue weighted by atomic mass is 9.91. The number of alkyl halides is 1. The average molecular weight is 391 g/mol. The van der Waals surface area contributed by atoms with E-state index in [0.29, 0.717) is 16.6 Å². The summed E-state index contributed by atoms with van der Waals surface area (Å²) in [5, 5.41) is 6.30. The van der Waals surface area contributed by atoms with E-state index in [9.17, 15) is 0 Å². The van der Waals surface area contributed by atoms with E-state index >= 15 is 0 Å². The van der Waals surface area contributed by atoms with E-state index in [1.165, 1.54) is 6.33 Å². The van der Waals surface area contributed by atoms with Gasteiger partial charge in [-0.1, -0.05) is 45.2 Å². The zero-order chi connectivity index (χ0) is 14.8. The molecule has 0 N–H and O–H groups in total. The summed E-state index contributed by atoms with van der Waals surface area (Å²) in [6.45, 7) is 0.660. The van der Waals surface area contributed by atoms with E-state index in [1.54, 1.807) is 17.1 Å². The first-order valence-electron chi connectivity index (χ1n) is 6.66. The third-order valence-corrected chi connectivity index (χ3v) is 4.99. The Labute approximate surface area is 141 Å². The van der Waals surface area contributed by atoms with E-state index in [1.807, 2.05) is 12.1 Å². The Kier molecular flexibility index (Phi) is 4.84. The zero-order valence-corrected chi connectivity index (χ0v) is 14.2. The fourth-order valence-electron chi connectivity index (χ4n) is 2.74. The summed E-state index contributed by atoms with van der Waals surface area (Å²) in [7, 11) is 0. The van der Waals surface area contributed by atoms with E-state index < -0.39 is 0 Å². The molecule has 0 bridgehead atoms. The Bertz CT molecular complexity index is 608. The highest BCUT2D eigenvalue weighted by molar-refractivity contribution is 9.09. The second-order valence-electron chi connectivity index (χ2n) is 5.08. The van der Waals surface area contributed by atoms with E-state index in [4.69, 9.17) is 27.9 Å². The van der Waals surface area contributed by atoms with Gasteiger partial charge in [0.2, 0.25) is 0 Å². The van der Waals surface area contributed by atoms with Crippen molar-refractivity contribution >= 4 is 39.1 Å². The number of hydrogen-bond donors (Lipinski definition) is 0. The summed E-state index contributed by atoms with van der Waals surface area (Å²) in [6.07, 6.45) is 4.35. The Balaban J connectivity index is 1.86. The molecule has 0 spiro atoms. The van der Waals surface area contributed by atoms with Crippen LogP contribution in [0.25, 0.3) is 0 Å². The molecule has 2 heterocycles. The molecule has 2 aromatic rings. The van der Waals surface area contributed by atoms with Gasteiger partial charge in [0.05, 0.1) is 18.8 Å². The number of ether oxygens (including phenoxy) is 1. The van der Waals surface area contributed by atoms with Crippen molar-refractivity contribution in [2.24, 2.45) is 0 Å². The molecule has 7 heteroatoms. The van der Waals surface area contributed by atoms with E-state index in [0.717, 1.165) is 17.3 Å². The van der Waals surface area contributed by atoms with Crippen molar-refractivity contribution in [2.45, 2.75) is 31.1 Å². The number of rotatable bonds is 4. The molecule has 1 aliphatic rings. The van der Waals surface area contributed by atoms with Crippen LogP contribution in [0.15, 0.2) is 30.9 Å². The van der Waals surface area contributed by atoms with Gasteiger partial charge in [0.25, 0.3) is 0 Å². The quantitative estimate of drug-likeness (QED) is 0.742. The molecule has 3 rings (SSSR count). The highest BCUT2D eigenvalue weighted by Crippen LogP contribution is 2.40. The van der Waals surface area contributed by atoms with Gasteiger partial charge in [0.1, 0.15) is 12.7 Å². The smallest absolute Gasteiger partial charge is 0.137 e. The van der Waals surface area contributed by atoms with Crippen LogP contribution in [0.4, 0.5) is 0 Å². The van der Waals surface area contributed by atoms with Crippen LogP contribution in [0.1, 0.15) is 17.9 Å². The third-order valence-electron chi connectivity index (χ3n) is 3.70. The van der Waals surface area contributed by atoms with Gasteiger partial charge in [-0.2, -0.15) is 5.10 Å². The van der Waals surface area contributed by atoms with Crippen molar-refractivity contribution in [2.75, 3.05) is 5.33 Å². The van der Waals surface area contributed by atoms with Crippen LogP contribution in [0, 0.1) is 0 Å². The number of nitrogens with zero attached hydrogens (tertiary/aromatic N) is 3. The fraction of sp³-hybridized carbons (Fsp3) is 0.429. The maximum atomic E-state index is 6.36. The lowest BCUT2D eigenvalue weighted by Crippen LogP contribution is -2.22. The minimum absolute atomic E-state index is 0.0212. The molecule has 0 saturated carbocycles. The summed E-state index contributed by atoms with van der Waals surface area (Å²) in [5.74, 6) is 0.224. The summed E-state index contributed by atoms with van der Waals surface area (Å²) < 4.78 is 7.90. The first-order chi connectivity index (χ1) is 10.2. The highest BCUT2D eigenvalue weighted by atomic mass is 79.9. The second-order valence-corrected chi connectivity index (χ2v) is 6.57. The molecule has 1 aliphatic heterocycles. The fourth-order valence-corrected chi connectivity index (χ4v) is 3.71. The lowest BCUT2D eigenvalue weighted by Gasteiger charge is -2.19. The molecular weight excluding hydrogens is 377 g/mol. The molecule has 0 aliphatic carbocycles. The third kappa shape index (κ3) is 3.42. The predicted octanol–water partition coefficient (Wildman–Crippen LogP) is 3.92. The SMILES string of the molecule is Clc1ccc(C2CC(CBr)OC2Cn2cncn2)c(Cl)c1. The molecule has 1 aromatic heterocycles. The molecule has 3 unspecified atom stereocenters. The molecule has 3 atom stereocenters. The van der Waals surface area contributed by atoms with Gasteiger partial charge in [-0.25, -0.2) is 4.98 Å².